The van der Waals surface area contributed by atoms with Gasteiger partial charge in [0.2, 0.25) is 0 Å². The molecule has 2 N–H and O–H groups in total. The molecule has 0 saturated carbocycles. The molecule has 6 heteroatoms. The number of hydrogen-bond donors (Lipinski definition) is 1. The first-order valence-corrected chi connectivity index (χ1v) is 5.77. The Morgan fingerprint density at radius 2 is 1.80 bits per heavy atom. The van der Waals surface area contributed by atoms with E-state index in [2.05, 4.69) is 4.98 Å². The lowest BCUT2D eigenvalue weighted by Crippen LogP contribution is -2.11. The minimum atomic E-state index is -4.50. The second-order valence-electron chi connectivity index (χ2n) is 4.26. The van der Waals surface area contributed by atoms with E-state index in [9.17, 15) is 18.0 Å². The summed E-state index contributed by atoms with van der Waals surface area (Å²) in [5.41, 5.74) is 5.30. The van der Waals surface area contributed by atoms with Crippen LogP contribution in [0.5, 0.6) is 0 Å². The molecular formula is C14H11F3N2O. The summed E-state index contributed by atoms with van der Waals surface area (Å²) in [5, 5.41) is 0. The molecule has 2 rings (SSSR count). The van der Waals surface area contributed by atoms with E-state index in [0.717, 1.165) is 18.2 Å². The fourth-order valence-corrected chi connectivity index (χ4v) is 1.76. The third kappa shape index (κ3) is 3.14. The number of hydrogen-bond acceptors (Lipinski definition) is 3. The van der Waals surface area contributed by atoms with Gasteiger partial charge >= 0.3 is 6.18 Å². The fourth-order valence-electron chi connectivity index (χ4n) is 1.76. The number of aromatic nitrogens is 1. The Bertz CT molecular complexity index is 624. The molecule has 0 bridgehead atoms. The van der Waals surface area contributed by atoms with E-state index in [1.165, 1.54) is 12.4 Å². The number of alkyl halides is 3. The Labute approximate surface area is 113 Å². The van der Waals surface area contributed by atoms with Crippen molar-refractivity contribution in [1.82, 2.24) is 4.98 Å². The SMILES string of the molecule is Nc1ccc(C(F)(F)F)cc1C(=O)Cc1ccncc1. The van der Waals surface area contributed by atoms with Gasteiger partial charge in [-0.1, -0.05) is 0 Å². The molecule has 3 nitrogen and oxygen atoms in total. The zero-order chi connectivity index (χ0) is 14.8. The molecule has 0 saturated heterocycles. The van der Waals surface area contributed by atoms with Crippen LogP contribution in [0, 0.1) is 0 Å². The van der Waals surface area contributed by atoms with Crippen molar-refractivity contribution < 1.29 is 18.0 Å². The van der Waals surface area contributed by atoms with Gasteiger partial charge in [0.25, 0.3) is 0 Å². The van der Waals surface area contributed by atoms with E-state index in [-0.39, 0.29) is 17.7 Å². The predicted octanol–water partition coefficient (Wildman–Crippen LogP) is 3.11. The van der Waals surface area contributed by atoms with Gasteiger partial charge in [-0.05, 0) is 35.9 Å². The Kier molecular flexibility index (Phi) is 3.74. The van der Waals surface area contributed by atoms with Crippen molar-refractivity contribution in [2.24, 2.45) is 0 Å². The number of pyridine rings is 1. The fraction of sp³-hybridized carbons (Fsp3) is 0.143. The highest BCUT2D eigenvalue weighted by atomic mass is 19.4. The monoisotopic (exact) mass is 280 g/mol. The molecule has 1 heterocycles. The molecule has 0 unspecified atom stereocenters. The lowest BCUT2D eigenvalue weighted by atomic mass is 10.00. The first-order valence-electron chi connectivity index (χ1n) is 5.77. The van der Waals surface area contributed by atoms with E-state index in [4.69, 9.17) is 5.73 Å². The Morgan fingerprint density at radius 1 is 1.15 bits per heavy atom. The molecule has 0 aliphatic rings. The van der Waals surface area contributed by atoms with Crippen molar-refractivity contribution in [3.05, 3.63) is 59.4 Å². The zero-order valence-corrected chi connectivity index (χ0v) is 10.3. The summed E-state index contributed by atoms with van der Waals surface area (Å²) >= 11 is 0. The predicted molar refractivity (Wildman–Crippen MR) is 68.1 cm³/mol. The van der Waals surface area contributed by atoms with Crippen molar-refractivity contribution in [3.63, 3.8) is 0 Å². The summed E-state index contributed by atoms with van der Waals surface area (Å²) in [6, 6.07) is 6.00. The largest absolute Gasteiger partial charge is 0.416 e. The third-order valence-corrected chi connectivity index (χ3v) is 2.80. The van der Waals surface area contributed by atoms with Gasteiger partial charge < -0.3 is 5.73 Å². The van der Waals surface area contributed by atoms with E-state index in [1.54, 1.807) is 12.1 Å². The molecule has 20 heavy (non-hydrogen) atoms. The lowest BCUT2D eigenvalue weighted by Gasteiger charge is -2.10. The Balaban J connectivity index is 2.30. The Hall–Kier alpha value is -2.37. The second kappa shape index (κ2) is 5.32. The summed E-state index contributed by atoms with van der Waals surface area (Å²) in [4.78, 5) is 15.9. The number of benzene rings is 1. The zero-order valence-electron chi connectivity index (χ0n) is 10.3. The number of carbonyl (C=O) groups is 1. The van der Waals surface area contributed by atoms with Gasteiger partial charge in [0.1, 0.15) is 0 Å². The van der Waals surface area contributed by atoms with E-state index in [1.807, 2.05) is 0 Å². The normalized spacial score (nSPS) is 11.3. The highest BCUT2D eigenvalue weighted by molar-refractivity contribution is 6.02. The van der Waals surface area contributed by atoms with Gasteiger partial charge in [-0.15, -0.1) is 0 Å². The number of rotatable bonds is 3. The van der Waals surface area contributed by atoms with Crippen LogP contribution in [0.4, 0.5) is 18.9 Å². The number of anilines is 1. The quantitative estimate of drug-likeness (QED) is 0.694. The third-order valence-electron chi connectivity index (χ3n) is 2.80. The number of halogens is 3. The number of nitrogen functional groups attached to an aromatic ring is 1. The van der Waals surface area contributed by atoms with Crippen molar-refractivity contribution in [3.8, 4) is 0 Å². The van der Waals surface area contributed by atoms with Gasteiger partial charge in [0, 0.05) is 30.1 Å². The molecule has 0 spiro atoms. The van der Waals surface area contributed by atoms with Crippen molar-refractivity contribution >= 4 is 11.5 Å². The number of ketones is 1. The number of Topliss-reactive ketones (excluding diaryl/α,β-unsaturated/α-hetero) is 1. The first kappa shape index (κ1) is 14.0. The van der Waals surface area contributed by atoms with Gasteiger partial charge in [-0.3, -0.25) is 9.78 Å². The van der Waals surface area contributed by atoms with Gasteiger partial charge in [0.05, 0.1) is 5.56 Å². The van der Waals surface area contributed by atoms with E-state index >= 15 is 0 Å². The molecule has 2 aromatic rings. The standard InChI is InChI=1S/C14H11F3N2O/c15-14(16,17)10-1-2-12(18)11(8-10)13(20)7-9-3-5-19-6-4-9/h1-6,8H,7,18H2. The molecule has 104 valence electrons. The molecule has 0 radical (unpaired) electrons. The van der Waals surface area contributed by atoms with Crippen molar-refractivity contribution in [1.29, 1.82) is 0 Å². The van der Waals surface area contributed by atoms with E-state index < -0.39 is 17.5 Å². The summed E-state index contributed by atoms with van der Waals surface area (Å²) < 4.78 is 37.9. The molecule has 0 aliphatic carbocycles. The second-order valence-corrected chi connectivity index (χ2v) is 4.26. The molecule has 0 aliphatic heterocycles. The molecule has 1 aromatic heterocycles. The van der Waals surface area contributed by atoms with Crippen LogP contribution < -0.4 is 5.73 Å². The highest BCUT2D eigenvalue weighted by Gasteiger charge is 2.31. The van der Waals surface area contributed by atoms with Crippen LogP contribution in [0.15, 0.2) is 42.7 Å². The number of nitrogens with two attached hydrogens (primary N) is 1. The molecular weight excluding hydrogens is 269 g/mol. The topological polar surface area (TPSA) is 56.0 Å². The average molecular weight is 280 g/mol. The van der Waals surface area contributed by atoms with E-state index in [0.29, 0.717) is 5.56 Å². The van der Waals surface area contributed by atoms with Crippen molar-refractivity contribution in [2.75, 3.05) is 5.73 Å². The number of carbonyl (C=O) groups excluding carboxylic acids is 1. The highest BCUT2D eigenvalue weighted by Crippen LogP contribution is 2.31. The summed E-state index contributed by atoms with van der Waals surface area (Å²) in [6.07, 6.45) is -1.50. The van der Waals surface area contributed by atoms with Crippen LogP contribution in [0.25, 0.3) is 0 Å². The van der Waals surface area contributed by atoms with Crippen LogP contribution in [0.2, 0.25) is 0 Å². The molecule has 0 amide bonds. The van der Waals surface area contributed by atoms with Gasteiger partial charge in [-0.2, -0.15) is 13.2 Å². The van der Waals surface area contributed by atoms with Gasteiger partial charge in [0.15, 0.2) is 5.78 Å². The first-order chi connectivity index (χ1) is 9.38. The molecule has 0 fully saturated rings. The summed E-state index contributed by atoms with van der Waals surface area (Å²) in [7, 11) is 0. The van der Waals surface area contributed by atoms with Crippen molar-refractivity contribution in [2.45, 2.75) is 12.6 Å². The number of nitrogens with zero attached hydrogens (tertiary/aromatic N) is 1. The maximum atomic E-state index is 12.6. The van der Waals surface area contributed by atoms with Crippen LogP contribution >= 0.6 is 0 Å². The maximum Gasteiger partial charge on any atom is 0.416 e. The maximum absolute atomic E-state index is 12.6. The van der Waals surface area contributed by atoms with Gasteiger partial charge in [-0.25, -0.2) is 0 Å². The Morgan fingerprint density at radius 3 is 2.40 bits per heavy atom. The van der Waals surface area contributed by atoms with Crippen LogP contribution in [0.1, 0.15) is 21.5 Å². The smallest absolute Gasteiger partial charge is 0.398 e. The molecule has 0 atom stereocenters. The lowest BCUT2D eigenvalue weighted by molar-refractivity contribution is -0.137. The average Bonchev–Trinajstić information content (AvgIpc) is 2.39. The minimum absolute atomic E-state index is 0.0198. The summed E-state index contributed by atoms with van der Waals surface area (Å²) in [6.45, 7) is 0. The summed E-state index contributed by atoms with van der Waals surface area (Å²) in [5.74, 6) is -0.459. The molecule has 1 aromatic carbocycles. The van der Waals surface area contributed by atoms with Crippen LogP contribution in [-0.2, 0) is 12.6 Å². The van der Waals surface area contributed by atoms with Crippen LogP contribution in [0.3, 0.4) is 0 Å². The van der Waals surface area contributed by atoms with Crippen LogP contribution in [-0.4, -0.2) is 10.8 Å². The minimum Gasteiger partial charge on any atom is -0.398 e.